The Hall–Kier alpha value is -2.48. The van der Waals surface area contributed by atoms with Gasteiger partial charge in [-0.15, -0.1) is 0 Å². The van der Waals surface area contributed by atoms with Gasteiger partial charge in [-0.25, -0.2) is 8.42 Å². The van der Waals surface area contributed by atoms with E-state index in [4.69, 9.17) is 11.6 Å². The Labute approximate surface area is 191 Å². The zero-order chi connectivity index (χ0) is 21.8. The average Bonchev–Trinajstić information content (AvgIpc) is 2.77. The second-order valence-electron chi connectivity index (χ2n) is 7.06. The van der Waals surface area contributed by atoms with Crippen molar-refractivity contribution in [3.63, 3.8) is 0 Å². The molecule has 0 bridgehead atoms. The van der Waals surface area contributed by atoms with Crippen molar-refractivity contribution >= 4 is 45.0 Å². The SMILES string of the molecule is O=C(CN1c2ccccc2-c2ccccc2S1(=O)=O)NCCSCc1cccc(Cl)c1. The first-order valence-corrected chi connectivity index (χ1v) is 12.7. The summed E-state index contributed by atoms with van der Waals surface area (Å²) < 4.78 is 27.6. The van der Waals surface area contributed by atoms with Crippen molar-refractivity contribution in [1.29, 1.82) is 0 Å². The average molecular weight is 473 g/mol. The number of para-hydroxylation sites is 1. The third-order valence-electron chi connectivity index (χ3n) is 4.93. The number of nitrogens with one attached hydrogen (secondary N) is 1. The molecule has 31 heavy (non-hydrogen) atoms. The Balaban J connectivity index is 1.39. The van der Waals surface area contributed by atoms with Gasteiger partial charge in [0.2, 0.25) is 5.91 Å². The van der Waals surface area contributed by atoms with Crippen molar-refractivity contribution in [3.05, 3.63) is 83.4 Å². The van der Waals surface area contributed by atoms with E-state index < -0.39 is 10.0 Å². The summed E-state index contributed by atoms with van der Waals surface area (Å²) in [5, 5.41) is 3.53. The maximum Gasteiger partial charge on any atom is 0.265 e. The van der Waals surface area contributed by atoms with Gasteiger partial charge in [-0.05, 0) is 29.8 Å². The van der Waals surface area contributed by atoms with Crippen LogP contribution in [0.2, 0.25) is 5.02 Å². The molecule has 0 atom stereocenters. The molecular weight excluding hydrogens is 452 g/mol. The van der Waals surface area contributed by atoms with E-state index in [9.17, 15) is 13.2 Å². The van der Waals surface area contributed by atoms with Gasteiger partial charge in [-0.3, -0.25) is 9.10 Å². The molecule has 3 aromatic rings. The van der Waals surface area contributed by atoms with Gasteiger partial charge < -0.3 is 5.32 Å². The number of nitrogens with zero attached hydrogens (tertiary/aromatic N) is 1. The molecule has 160 valence electrons. The predicted molar refractivity (Wildman–Crippen MR) is 127 cm³/mol. The van der Waals surface area contributed by atoms with Crippen LogP contribution >= 0.6 is 23.4 Å². The molecule has 5 nitrogen and oxygen atoms in total. The predicted octanol–water partition coefficient (Wildman–Crippen LogP) is 4.57. The van der Waals surface area contributed by atoms with Crippen molar-refractivity contribution < 1.29 is 13.2 Å². The lowest BCUT2D eigenvalue weighted by molar-refractivity contribution is -0.119. The van der Waals surface area contributed by atoms with Gasteiger partial charge in [0, 0.05) is 34.2 Å². The topological polar surface area (TPSA) is 66.5 Å². The molecule has 0 aromatic heterocycles. The lowest BCUT2D eigenvalue weighted by atomic mass is 10.0. The molecule has 1 heterocycles. The maximum absolute atomic E-state index is 13.2. The van der Waals surface area contributed by atoms with E-state index in [1.165, 1.54) is 4.31 Å². The minimum Gasteiger partial charge on any atom is -0.354 e. The fourth-order valence-corrected chi connectivity index (χ4v) is 6.19. The van der Waals surface area contributed by atoms with E-state index in [1.54, 1.807) is 42.1 Å². The van der Waals surface area contributed by atoms with Crippen LogP contribution in [0.15, 0.2) is 77.7 Å². The minimum absolute atomic E-state index is 0.221. The number of anilines is 1. The zero-order valence-electron chi connectivity index (χ0n) is 16.6. The zero-order valence-corrected chi connectivity index (χ0v) is 19.0. The molecule has 1 aliphatic heterocycles. The highest BCUT2D eigenvalue weighted by Gasteiger charge is 2.35. The fourth-order valence-electron chi connectivity index (χ4n) is 3.52. The fraction of sp³-hybridized carbons (Fsp3) is 0.174. The van der Waals surface area contributed by atoms with Crippen molar-refractivity contribution in [2.75, 3.05) is 23.1 Å². The standard InChI is InChI=1S/C23H21ClN2O3S2/c24-18-7-5-6-17(14-18)16-30-13-12-25-23(27)15-26-21-10-3-1-8-19(21)20-9-2-4-11-22(20)31(26,28)29/h1-11,14H,12-13,15-16H2,(H,25,27). The summed E-state index contributed by atoms with van der Waals surface area (Å²) in [5.41, 5.74) is 3.11. The number of hydrogen-bond donors (Lipinski definition) is 1. The minimum atomic E-state index is -3.81. The molecule has 1 N–H and O–H groups in total. The molecule has 0 radical (unpaired) electrons. The van der Waals surface area contributed by atoms with E-state index in [0.29, 0.717) is 28.6 Å². The van der Waals surface area contributed by atoms with Gasteiger partial charge in [0.15, 0.2) is 0 Å². The number of fused-ring (bicyclic) bond motifs is 3. The highest BCUT2D eigenvalue weighted by molar-refractivity contribution is 7.98. The van der Waals surface area contributed by atoms with Gasteiger partial charge in [-0.2, -0.15) is 11.8 Å². The third kappa shape index (κ3) is 4.74. The number of thioether (sulfide) groups is 1. The van der Waals surface area contributed by atoms with Gasteiger partial charge >= 0.3 is 0 Å². The summed E-state index contributed by atoms with van der Waals surface area (Å²) in [5.74, 6) is 1.17. The number of benzene rings is 3. The summed E-state index contributed by atoms with van der Waals surface area (Å²) in [7, 11) is -3.81. The molecule has 0 unspecified atom stereocenters. The molecule has 0 saturated carbocycles. The highest BCUT2D eigenvalue weighted by Crippen LogP contribution is 2.42. The van der Waals surface area contributed by atoms with Crippen LogP contribution in [0.5, 0.6) is 0 Å². The second-order valence-corrected chi connectivity index (χ2v) is 10.4. The van der Waals surface area contributed by atoms with Crippen LogP contribution in [0.4, 0.5) is 5.69 Å². The summed E-state index contributed by atoms with van der Waals surface area (Å²) in [6.07, 6.45) is 0. The Morgan fingerprint density at radius 3 is 2.52 bits per heavy atom. The van der Waals surface area contributed by atoms with Crippen LogP contribution in [0.1, 0.15) is 5.56 Å². The van der Waals surface area contributed by atoms with E-state index in [0.717, 1.165) is 16.9 Å². The van der Waals surface area contributed by atoms with Crippen LogP contribution < -0.4 is 9.62 Å². The summed E-state index contributed by atoms with van der Waals surface area (Å²) in [4.78, 5) is 12.8. The second kappa shape index (κ2) is 9.34. The molecule has 0 saturated heterocycles. The molecule has 1 aliphatic rings. The molecule has 4 rings (SSSR count). The molecule has 3 aromatic carbocycles. The van der Waals surface area contributed by atoms with Crippen LogP contribution in [-0.2, 0) is 20.6 Å². The normalized spacial score (nSPS) is 13.9. The van der Waals surface area contributed by atoms with Crippen LogP contribution in [0.3, 0.4) is 0 Å². The number of carbonyl (C=O) groups is 1. The Morgan fingerprint density at radius 1 is 0.968 bits per heavy atom. The number of rotatable bonds is 7. The van der Waals surface area contributed by atoms with Crippen molar-refractivity contribution in [3.8, 4) is 11.1 Å². The number of halogens is 1. The molecule has 0 aliphatic carbocycles. The van der Waals surface area contributed by atoms with Gasteiger partial charge in [0.25, 0.3) is 10.0 Å². The van der Waals surface area contributed by atoms with Crippen molar-refractivity contribution in [2.24, 2.45) is 0 Å². The first-order valence-electron chi connectivity index (χ1n) is 9.77. The molecule has 8 heteroatoms. The van der Waals surface area contributed by atoms with Crippen molar-refractivity contribution in [1.82, 2.24) is 5.32 Å². The molecular formula is C23H21ClN2O3S2. The van der Waals surface area contributed by atoms with E-state index in [1.807, 2.05) is 42.5 Å². The van der Waals surface area contributed by atoms with Gasteiger partial charge in [0.05, 0.1) is 10.6 Å². The lowest BCUT2D eigenvalue weighted by Crippen LogP contribution is -2.43. The third-order valence-corrected chi connectivity index (χ3v) is 8.01. The van der Waals surface area contributed by atoms with Gasteiger partial charge in [-0.1, -0.05) is 60.1 Å². The summed E-state index contributed by atoms with van der Waals surface area (Å²) in [6, 6.07) is 21.8. The van der Waals surface area contributed by atoms with Crippen LogP contribution in [0, 0.1) is 0 Å². The molecule has 1 amide bonds. The summed E-state index contributed by atoms with van der Waals surface area (Å²) >= 11 is 7.67. The smallest absolute Gasteiger partial charge is 0.265 e. The Morgan fingerprint density at radius 2 is 1.71 bits per heavy atom. The van der Waals surface area contributed by atoms with Crippen LogP contribution in [-0.4, -0.2) is 33.2 Å². The Bertz CT molecular complexity index is 1210. The largest absolute Gasteiger partial charge is 0.354 e. The number of sulfonamides is 1. The summed E-state index contributed by atoms with van der Waals surface area (Å²) in [6.45, 7) is 0.197. The van der Waals surface area contributed by atoms with E-state index in [2.05, 4.69) is 5.32 Å². The molecule has 0 fully saturated rings. The van der Waals surface area contributed by atoms with Crippen LogP contribution in [0.25, 0.3) is 11.1 Å². The monoisotopic (exact) mass is 472 g/mol. The highest BCUT2D eigenvalue weighted by atomic mass is 35.5. The first-order chi connectivity index (χ1) is 15.0. The first kappa shape index (κ1) is 21.7. The van der Waals surface area contributed by atoms with E-state index in [-0.39, 0.29) is 17.3 Å². The Kier molecular flexibility index (Phi) is 6.55. The quantitative estimate of drug-likeness (QED) is 0.512. The van der Waals surface area contributed by atoms with E-state index >= 15 is 0 Å². The molecule has 0 spiro atoms. The maximum atomic E-state index is 13.2. The number of hydrogen-bond acceptors (Lipinski definition) is 4. The van der Waals surface area contributed by atoms with Gasteiger partial charge in [0.1, 0.15) is 6.54 Å². The number of amides is 1. The van der Waals surface area contributed by atoms with Crippen molar-refractivity contribution in [2.45, 2.75) is 10.6 Å². The lowest BCUT2D eigenvalue weighted by Gasteiger charge is -2.31. The number of carbonyl (C=O) groups excluding carboxylic acids is 1.